The van der Waals surface area contributed by atoms with E-state index in [0.29, 0.717) is 12.5 Å². The Hall–Kier alpha value is -1.74. The quantitative estimate of drug-likeness (QED) is 0.587. The third kappa shape index (κ3) is 5.19. The molecule has 31 heavy (non-hydrogen) atoms. The van der Waals surface area contributed by atoms with Crippen molar-refractivity contribution in [2.45, 2.75) is 67.8 Å². The summed E-state index contributed by atoms with van der Waals surface area (Å²) in [4.78, 5) is 0.198. The lowest BCUT2D eigenvalue weighted by atomic mass is 10.0. The van der Waals surface area contributed by atoms with Gasteiger partial charge in [-0.15, -0.1) is 0 Å². The van der Waals surface area contributed by atoms with E-state index in [-0.39, 0.29) is 15.8 Å². The third-order valence-corrected chi connectivity index (χ3v) is 9.67. The first-order valence-corrected chi connectivity index (χ1v) is 13.5. The van der Waals surface area contributed by atoms with Crippen LogP contribution in [0.25, 0.3) is 0 Å². The Bertz CT molecular complexity index is 1090. The van der Waals surface area contributed by atoms with Crippen molar-refractivity contribution in [3.8, 4) is 0 Å². The second-order valence-corrected chi connectivity index (χ2v) is 12.7. The second-order valence-electron chi connectivity index (χ2n) is 8.64. The molecular weight excluding hydrogens is 432 g/mol. The topological polar surface area (TPSA) is 74.8 Å². The molecule has 6 nitrogen and oxygen atoms in total. The first-order chi connectivity index (χ1) is 14.5. The number of sulfonamides is 2. The van der Waals surface area contributed by atoms with Crippen LogP contribution in [-0.4, -0.2) is 45.6 Å². The van der Waals surface area contributed by atoms with E-state index in [0.717, 1.165) is 35.6 Å². The fourth-order valence-electron chi connectivity index (χ4n) is 3.92. The average Bonchev–Trinajstić information content (AvgIpc) is 3.26. The van der Waals surface area contributed by atoms with Gasteiger partial charge >= 0.3 is 0 Å². The van der Waals surface area contributed by atoms with E-state index >= 15 is 0 Å². The summed E-state index contributed by atoms with van der Waals surface area (Å²) in [5.74, 6) is 0.417. The Morgan fingerprint density at radius 3 is 1.74 bits per heavy atom. The number of hydrogen-bond donors (Lipinski definition) is 0. The molecule has 1 saturated carbocycles. The van der Waals surface area contributed by atoms with Gasteiger partial charge in [0, 0.05) is 26.7 Å². The zero-order valence-electron chi connectivity index (χ0n) is 18.7. The van der Waals surface area contributed by atoms with Crippen molar-refractivity contribution in [3.63, 3.8) is 0 Å². The monoisotopic (exact) mass is 464 g/mol. The van der Waals surface area contributed by atoms with Crippen molar-refractivity contribution in [3.05, 3.63) is 59.7 Å². The van der Waals surface area contributed by atoms with Crippen LogP contribution in [0.4, 0.5) is 0 Å². The Morgan fingerprint density at radius 1 is 0.806 bits per heavy atom. The molecule has 0 aliphatic heterocycles. The number of nitrogens with zero attached hydrogens (tertiary/aromatic N) is 2. The summed E-state index contributed by atoms with van der Waals surface area (Å²) in [6.45, 7) is 4.57. The second kappa shape index (κ2) is 9.40. The van der Waals surface area contributed by atoms with Gasteiger partial charge in [-0.1, -0.05) is 51.0 Å². The van der Waals surface area contributed by atoms with Gasteiger partial charge < -0.3 is 0 Å². The SMILES string of the molecule is CC(C)c1ccc(CN(C2CCCC2)S(=O)(=O)c2ccc(S(=O)(=O)N(C)C)cc2)cc1. The highest BCUT2D eigenvalue weighted by Gasteiger charge is 2.33. The zero-order valence-corrected chi connectivity index (χ0v) is 20.3. The fraction of sp³-hybridized carbons (Fsp3) is 0.478. The third-order valence-electron chi connectivity index (χ3n) is 5.93. The summed E-state index contributed by atoms with van der Waals surface area (Å²) in [6, 6.07) is 13.6. The first-order valence-electron chi connectivity index (χ1n) is 10.7. The van der Waals surface area contributed by atoms with Crippen LogP contribution in [0, 0.1) is 0 Å². The molecule has 0 amide bonds. The molecule has 2 aromatic carbocycles. The minimum absolute atomic E-state index is 0.0417. The highest BCUT2D eigenvalue weighted by molar-refractivity contribution is 7.89. The van der Waals surface area contributed by atoms with Crippen molar-refractivity contribution < 1.29 is 16.8 Å². The molecule has 0 N–H and O–H groups in total. The van der Waals surface area contributed by atoms with Crippen molar-refractivity contribution in [1.82, 2.24) is 8.61 Å². The zero-order chi connectivity index (χ0) is 22.8. The molecule has 0 aromatic heterocycles. The molecule has 0 unspecified atom stereocenters. The van der Waals surface area contributed by atoms with Gasteiger partial charge in [-0.25, -0.2) is 21.1 Å². The van der Waals surface area contributed by atoms with Gasteiger partial charge in [0.1, 0.15) is 0 Å². The molecule has 0 bridgehead atoms. The summed E-state index contributed by atoms with van der Waals surface area (Å²) in [7, 11) is -4.48. The molecule has 0 heterocycles. The van der Waals surface area contributed by atoms with E-state index < -0.39 is 20.0 Å². The van der Waals surface area contributed by atoms with Gasteiger partial charge in [0.2, 0.25) is 20.0 Å². The largest absolute Gasteiger partial charge is 0.243 e. The van der Waals surface area contributed by atoms with Crippen LogP contribution >= 0.6 is 0 Å². The lowest BCUT2D eigenvalue weighted by Gasteiger charge is -2.28. The Kier molecular flexibility index (Phi) is 7.25. The summed E-state index contributed by atoms with van der Waals surface area (Å²) in [5, 5.41) is 0. The normalized spacial score (nSPS) is 16.0. The van der Waals surface area contributed by atoms with Gasteiger partial charge in [0.25, 0.3) is 0 Å². The standard InChI is InChI=1S/C23H32N2O4S2/c1-18(2)20-11-9-19(10-12-20)17-25(21-7-5-6-8-21)31(28,29)23-15-13-22(14-16-23)30(26,27)24(3)4/h9-16,18,21H,5-8,17H2,1-4H3. The van der Waals surface area contributed by atoms with Gasteiger partial charge in [-0.2, -0.15) is 4.31 Å². The van der Waals surface area contributed by atoms with Crippen molar-refractivity contribution in [1.29, 1.82) is 0 Å². The van der Waals surface area contributed by atoms with Crippen LogP contribution in [0.1, 0.15) is 56.6 Å². The summed E-state index contributed by atoms with van der Waals surface area (Å²) in [5.41, 5.74) is 2.17. The fourth-order valence-corrected chi connectivity index (χ4v) is 6.50. The van der Waals surface area contributed by atoms with E-state index in [1.165, 1.54) is 43.9 Å². The first kappa shape index (κ1) is 23.9. The van der Waals surface area contributed by atoms with E-state index in [2.05, 4.69) is 26.0 Å². The van der Waals surface area contributed by atoms with Gasteiger partial charge in [-0.3, -0.25) is 0 Å². The predicted molar refractivity (Wildman–Crippen MR) is 123 cm³/mol. The molecule has 1 aliphatic rings. The number of benzene rings is 2. The number of hydrogen-bond acceptors (Lipinski definition) is 4. The summed E-state index contributed by atoms with van der Waals surface area (Å²) >= 11 is 0. The van der Waals surface area contributed by atoms with Crippen molar-refractivity contribution in [2.75, 3.05) is 14.1 Å². The molecule has 3 rings (SSSR count). The molecule has 0 radical (unpaired) electrons. The van der Waals surface area contributed by atoms with Crippen LogP contribution in [0.2, 0.25) is 0 Å². The predicted octanol–water partition coefficient (Wildman–Crippen LogP) is 4.19. The van der Waals surface area contributed by atoms with Crippen LogP contribution in [-0.2, 0) is 26.6 Å². The summed E-state index contributed by atoms with van der Waals surface area (Å²) in [6.07, 6.45) is 3.72. The van der Waals surface area contributed by atoms with E-state index in [1.807, 2.05) is 12.1 Å². The Balaban J connectivity index is 1.92. The maximum Gasteiger partial charge on any atom is 0.243 e. The molecule has 0 atom stereocenters. The van der Waals surface area contributed by atoms with Gasteiger partial charge in [0.15, 0.2) is 0 Å². The lowest BCUT2D eigenvalue weighted by molar-refractivity contribution is 0.316. The molecule has 8 heteroatoms. The minimum Gasteiger partial charge on any atom is -0.207 e. The Labute approximate surface area is 187 Å². The highest BCUT2D eigenvalue weighted by Crippen LogP contribution is 2.31. The molecule has 1 fully saturated rings. The van der Waals surface area contributed by atoms with Gasteiger partial charge in [-0.05, 0) is 54.2 Å². The highest BCUT2D eigenvalue weighted by atomic mass is 32.2. The molecule has 0 saturated heterocycles. The van der Waals surface area contributed by atoms with Crippen molar-refractivity contribution >= 4 is 20.0 Å². The maximum absolute atomic E-state index is 13.6. The lowest BCUT2D eigenvalue weighted by Crippen LogP contribution is -2.38. The van der Waals surface area contributed by atoms with Crippen LogP contribution in [0.15, 0.2) is 58.3 Å². The minimum atomic E-state index is -3.77. The smallest absolute Gasteiger partial charge is 0.207 e. The van der Waals surface area contributed by atoms with Gasteiger partial charge in [0.05, 0.1) is 9.79 Å². The van der Waals surface area contributed by atoms with Crippen LogP contribution < -0.4 is 0 Å². The molecular formula is C23H32N2O4S2. The van der Waals surface area contributed by atoms with Crippen LogP contribution in [0.3, 0.4) is 0 Å². The van der Waals surface area contributed by atoms with E-state index in [4.69, 9.17) is 0 Å². The Morgan fingerprint density at radius 2 is 1.29 bits per heavy atom. The number of rotatable bonds is 8. The molecule has 2 aromatic rings. The maximum atomic E-state index is 13.6. The molecule has 170 valence electrons. The average molecular weight is 465 g/mol. The molecule has 0 spiro atoms. The molecule has 1 aliphatic carbocycles. The van der Waals surface area contributed by atoms with E-state index in [9.17, 15) is 16.8 Å². The van der Waals surface area contributed by atoms with E-state index in [1.54, 1.807) is 4.31 Å². The van der Waals surface area contributed by atoms with Crippen LogP contribution in [0.5, 0.6) is 0 Å². The van der Waals surface area contributed by atoms with Crippen molar-refractivity contribution in [2.24, 2.45) is 0 Å². The summed E-state index contributed by atoms with van der Waals surface area (Å²) < 4.78 is 54.5.